The van der Waals surface area contributed by atoms with Crippen molar-refractivity contribution in [2.75, 3.05) is 5.32 Å². The fourth-order valence-electron chi connectivity index (χ4n) is 4.87. The number of nitrogens with one attached hydrogen (secondary N) is 1. The first-order valence-electron chi connectivity index (χ1n) is 10.1. The second-order valence-electron chi connectivity index (χ2n) is 8.15. The van der Waals surface area contributed by atoms with Gasteiger partial charge in [0.25, 0.3) is 0 Å². The summed E-state index contributed by atoms with van der Waals surface area (Å²) in [4.78, 5) is 22.0. The largest absolute Gasteiger partial charge is 0.382 e. The molecule has 30 heavy (non-hydrogen) atoms. The second-order valence-corrected chi connectivity index (χ2v) is 8.15. The van der Waals surface area contributed by atoms with Gasteiger partial charge in [-0.2, -0.15) is 0 Å². The van der Waals surface area contributed by atoms with E-state index in [-0.39, 0.29) is 5.91 Å². The summed E-state index contributed by atoms with van der Waals surface area (Å²) in [6, 6.07) is 21.5. The normalized spacial score (nSPS) is 20.2. The van der Waals surface area contributed by atoms with Crippen molar-refractivity contribution in [1.29, 1.82) is 0 Å². The molecule has 0 radical (unpaired) electrons. The number of benzene rings is 2. The smallest absolute Gasteiger partial charge is 0.237 e. The minimum Gasteiger partial charge on any atom is -0.382 e. The van der Waals surface area contributed by atoms with Crippen molar-refractivity contribution in [3.8, 4) is 0 Å². The number of hydrogen-bond acceptors (Lipinski definition) is 4. The highest BCUT2D eigenvalue weighted by Crippen LogP contribution is 2.47. The maximum atomic E-state index is 12.9. The summed E-state index contributed by atoms with van der Waals surface area (Å²) < 4.78 is 0. The zero-order valence-corrected chi connectivity index (χ0v) is 16.2. The molecule has 2 aromatic heterocycles. The van der Waals surface area contributed by atoms with E-state index in [1.54, 1.807) is 6.20 Å². The van der Waals surface area contributed by atoms with E-state index in [1.165, 1.54) is 5.56 Å². The van der Waals surface area contributed by atoms with Gasteiger partial charge in [-0.25, -0.2) is 9.97 Å². The number of nitrogens with zero attached hydrogens (tertiary/aromatic N) is 2. The monoisotopic (exact) mass is 393 g/mol. The van der Waals surface area contributed by atoms with Gasteiger partial charge in [-0.15, -0.1) is 0 Å². The van der Waals surface area contributed by atoms with Crippen LogP contribution in [0.4, 0.5) is 5.82 Å². The number of pyridine rings is 2. The standard InChI is InChI=1S/C25H19N3O2/c29-22(15-5-2-1-3-6-15)20-9-8-16-11-17-13-25(14-18(17)12-21(16)27-20)19-7-4-10-26-23(19)28-24(25)30/h1-12,22,29H,13-14H2,(H,26,28,30). The molecular weight excluding hydrogens is 374 g/mol. The van der Waals surface area contributed by atoms with Crippen LogP contribution in [0, 0.1) is 0 Å². The molecule has 2 aliphatic rings. The molecule has 146 valence electrons. The van der Waals surface area contributed by atoms with E-state index in [2.05, 4.69) is 22.4 Å². The second kappa shape index (κ2) is 6.21. The molecule has 1 aliphatic heterocycles. The maximum absolute atomic E-state index is 12.9. The zero-order chi connectivity index (χ0) is 20.3. The van der Waals surface area contributed by atoms with Crippen molar-refractivity contribution in [2.45, 2.75) is 24.4 Å². The SMILES string of the molecule is O=C1Nc2ncccc2C12Cc1cc3ccc(C(O)c4ccccc4)nc3cc1C2. The van der Waals surface area contributed by atoms with E-state index in [4.69, 9.17) is 4.98 Å². The molecule has 4 aromatic rings. The van der Waals surface area contributed by atoms with E-state index in [9.17, 15) is 9.90 Å². The Hall–Kier alpha value is -3.57. The summed E-state index contributed by atoms with van der Waals surface area (Å²) in [5.41, 5.74) is 4.97. The van der Waals surface area contributed by atoms with Gasteiger partial charge in [0.15, 0.2) is 0 Å². The Labute approximate surface area is 173 Å². The summed E-state index contributed by atoms with van der Waals surface area (Å²) in [6.45, 7) is 0. The van der Waals surface area contributed by atoms with Crippen LogP contribution in [-0.4, -0.2) is 21.0 Å². The van der Waals surface area contributed by atoms with Crippen molar-refractivity contribution in [3.63, 3.8) is 0 Å². The van der Waals surface area contributed by atoms with Crippen molar-refractivity contribution in [3.05, 3.63) is 101 Å². The third-order valence-electron chi connectivity index (χ3n) is 6.40. The van der Waals surface area contributed by atoms with Crippen molar-refractivity contribution >= 4 is 22.6 Å². The fourth-order valence-corrected chi connectivity index (χ4v) is 4.87. The number of aliphatic hydroxyl groups excluding tert-OH is 1. The first-order chi connectivity index (χ1) is 14.6. The summed E-state index contributed by atoms with van der Waals surface area (Å²) >= 11 is 0. The summed E-state index contributed by atoms with van der Waals surface area (Å²) in [6.07, 6.45) is 2.24. The highest BCUT2D eigenvalue weighted by atomic mass is 16.3. The molecule has 0 saturated heterocycles. The van der Waals surface area contributed by atoms with E-state index >= 15 is 0 Å². The first-order valence-corrected chi connectivity index (χ1v) is 10.1. The van der Waals surface area contributed by atoms with Crippen LogP contribution in [0.2, 0.25) is 0 Å². The van der Waals surface area contributed by atoms with Gasteiger partial charge in [0.05, 0.1) is 16.6 Å². The molecule has 5 heteroatoms. The van der Waals surface area contributed by atoms with Crippen LogP contribution < -0.4 is 5.32 Å². The molecule has 3 heterocycles. The average Bonchev–Trinajstić information content (AvgIpc) is 3.29. The molecule has 0 bridgehead atoms. The Balaban J connectivity index is 1.41. The number of carbonyl (C=O) groups excluding carboxylic acids is 1. The fraction of sp³-hybridized carbons (Fsp3) is 0.160. The number of aliphatic hydroxyl groups is 1. The topological polar surface area (TPSA) is 75.1 Å². The summed E-state index contributed by atoms with van der Waals surface area (Å²) in [5, 5.41) is 14.7. The van der Waals surface area contributed by atoms with Crippen LogP contribution in [0.1, 0.15) is 34.1 Å². The molecular formula is C25H19N3O2. The van der Waals surface area contributed by atoms with E-state index in [0.717, 1.165) is 27.6 Å². The van der Waals surface area contributed by atoms with E-state index in [1.807, 2.05) is 54.6 Å². The van der Waals surface area contributed by atoms with Crippen LogP contribution in [-0.2, 0) is 23.1 Å². The third-order valence-corrected chi connectivity index (χ3v) is 6.40. The quantitative estimate of drug-likeness (QED) is 0.545. The van der Waals surface area contributed by atoms with Gasteiger partial charge in [-0.1, -0.05) is 42.5 Å². The lowest BCUT2D eigenvalue weighted by atomic mass is 9.79. The van der Waals surface area contributed by atoms with Gasteiger partial charge < -0.3 is 10.4 Å². The number of anilines is 1. The summed E-state index contributed by atoms with van der Waals surface area (Å²) in [5.74, 6) is 0.691. The van der Waals surface area contributed by atoms with Crippen LogP contribution in [0.15, 0.2) is 72.9 Å². The summed E-state index contributed by atoms with van der Waals surface area (Å²) in [7, 11) is 0. The number of hydrogen-bond donors (Lipinski definition) is 2. The molecule has 2 atom stereocenters. The maximum Gasteiger partial charge on any atom is 0.237 e. The predicted octanol–water partition coefficient (Wildman–Crippen LogP) is 3.70. The Morgan fingerprint density at radius 1 is 0.967 bits per heavy atom. The zero-order valence-electron chi connectivity index (χ0n) is 16.2. The van der Waals surface area contributed by atoms with Gasteiger partial charge in [0, 0.05) is 17.1 Å². The van der Waals surface area contributed by atoms with Crippen LogP contribution in [0.25, 0.3) is 10.9 Å². The van der Waals surface area contributed by atoms with Crippen molar-refractivity contribution in [1.82, 2.24) is 9.97 Å². The van der Waals surface area contributed by atoms with Gasteiger partial charge in [0.1, 0.15) is 11.9 Å². The molecule has 1 aliphatic carbocycles. The highest BCUT2D eigenvalue weighted by molar-refractivity contribution is 6.06. The van der Waals surface area contributed by atoms with E-state index in [0.29, 0.717) is 24.4 Å². The molecule has 2 aromatic carbocycles. The Morgan fingerprint density at radius 2 is 1.77 bits per heavy atom. The minimum atomic E-state index is -0.770. The molecule has 1 spiro atoms. The molecule has 0 fully saturated rings. The number of aromatic nitrogens is 2. The lowest BCUT2D eigenvalue weighted by Gasteiger charge is -2.20. The predicted molar refractivity (Wildman–Crippen MR) is 114 cm³/mol. The van der Waals surface area contributed by atoms with Crippen LogP contribution in [0.5, 0.6) is 0 Å². The third kappa shape index (κ3) is 2.42. The van der Waals surface area contributed by atoms with Gasteiger partial charge >= 0.3 is 0 Å². The van der Waals surface area contributed by atoms with Crippen molar-refractivity contribution < 1.29 is 9.90 Å². The molecule has 2 N–H and O–H groups in total. The molecule has 6 rings (SSSR count). The van der Waals surface area contributed by atoms with Gasteiger partial charge in [0.2, 0.25) is 5.91 Å². The molecule has 0 saturated carbocycles. The Bertz CT molecular complexity index is 1320. The number of fused-ring (bicyclic) bond motifs is 4. The lowest BCUT2D eigenvalue weighted by molar-refractivity contribution is -0.120. The molecule has 1 amide bonds. The van der Waals surface area contributed by atoms with Crippen LogP contribution >= 0.6 is 0 Å². The van der Waals surface area contributed by atoms with E-state index < -0.39 is 11.5 Å². The first kappa shape index (κ1) is 17.3. The average molecular weight is 393 g/mol. The van der Waals surface area contributed by atoms with Gasteiger partial charge in [-0.3, -0.25) is 4.79 Å². The number of carbonyl (C=O) groups is 1. The molecule has 2 unspecified atom stereocenters. The van der Waals surface area contributed by atoms with Gasteiger partial charge in [-0.05, 0) is 53.8 Å². The number of rotatable bonds is 2. The van der Waals surface area contributed by atoms with Crippen molar-refractivity contribution in [2.24, 2.45) is 0 Å². The minimum absolute atomic E-state index is 0.0182. The lowest BCUT2D eigenvalue weighted by Crippen LogP contribution is -2.35. The Kier molecular flexibility index (Phi) is 3.58. The Morgan fingerprint density at radius 3 is 2.60 bits per heavy atom. The molecule has 5 nitrogen and oxygen atoms in total. The highest BCUT2D eigenvalue weighted by Gasteiger charge is 2.51. The number of amides is 1. The van der Waals surface area contributed by atoms with Crippen LogP contribution in [0.3, 0.4) is 0 Å².